The van der Waals surface area contributed by atoms with Gasteiger partial charge in [-0.25, -0.2) is 8.42 Å². The Morgan fingerprint density at radius 2 is 2.08 bits per heavy atom. The molecule has 1 amide bonds. The number of carbonyl (C=O) groups is 1. The number of aryl methyl sites for hydroxylation is 1. The molecule has 11 heteroatoms. The van der Waals surface area contributed by atoms with Crippen LogP contribution in [0.15, 0.2) is 58.2 Å². The van der Waals surface area contributed by atoms with Gasteiger partial charge in [0.15, 0.2) is 11.4 Å². The van der Waals surface area contributed by atoms with Gasteiger partial charge in [0.1, 0.15) is 11.1 Å². The van der Waals surface area contributed by atoms with Crippen LogP contribution in [0.4, 0.5) is 5.82 Å². The van der Waals surface area contributed by atoms with Gasteiger partial charge in [0.05, 0.1) is 23.7 Å². The van der Waals surface area contributed by atoms with Gasteiger partial charge >= 0.3 is 0 Å². The number of terminal acetylenes is 1. The van der Waals surface area contributed by atoms with E-state index < -0.39 is 15.9 Å². The second kappa shape index (κ2) is 9.39. The molecule has 2 N–H and O–H groups in total. The van der Waals surface area contributed by atoms with Gasteiger partial charge in [-0.3, -0.25) is 14.2 Å². The fourth-order valence-corrected chi connectivity index (χ4v) is 5.01. The zero-order chi connectivity index (χ0) is 25.3. The molecule has 2 aromatic carbocycles. The highest BCUT2D eigenvalue weighted by Crippen LogP contribution is 2.38. The van der Waals surface area contributed by atoms with Crippen LogP contribution in [0.5, 0.6) is 5.75 Å². The van der Waals surface area contributed by atoms with Gasteiger partial charge in [-0.15, -0.1) is 6.42 Å². The van der Waals surface area contributed by atoms with Crippen molar-refractivity contribution in [3.05, 3.63) is 65.5 Å². The van der Waals surface area contributed by atoms with E-state index in [1.807, 2.05) is 12.0 Å². The first kappa shape index (κ1) is 23.4. The van der Waals surface area contributed by atoms with Crippen molar-refractivity contribution in [2.24, 2.45) is 0 Å². The van der Waals surface area contributed by atoms with E-state index in [1.54, 1.807) is 48.3 Å². The average molecular weight is 506 g/mol. The lowest BCUT2D eigenvalue weighted by molar-refractivity contribution is -0.115. The maximum Gasteiger partial charge on any atom is 0.295 e. The fourth-order valence-electron chi connectivity index (χ4n) is 3.75. The van der Waals surface area contributed by atoms with Gasteiger partial charge in [0.2, 0.25) is 0 Å². The molecule has 5 rings (SSSR count). The monoisotopic (exact) mass is 505 g/mol. The smallest absolute Gasteiger partial charge is 0.295 e. The van der Waals surface area contributed by atoms with Gasteiger partial charge in [0.25, 0.3) is 15.9 Å². The number of hydrogen-bond donors (Lipinski definition) is 2. The highest BCUT2D eigenvalue weighted by atomic mass is 32.2. The number of amides is 1. The molecular weight excluding hydrogens is 482 g/mol. The third-order valence-electron chi connectivity index (χ3n) is 5.65. The lowest BCUT2D eigenvalue weighted by atomic mass is 10.1. The SMILES string of the molecule is C#CC(=O)NCc1cnn(Cc2cc(OC3CC3)c3c(NS(=O)(=O)c4ccccc4C)noc3c2)c1. The molecule has 1 aliphatic rings. The van der Waals surface area contributed by atoms with Crippen LogP contribution >= 0.6 is 0 Å². The number of anilines is 1. The summed E-state index contributed by atoms with van der Waals surface area (Å²) in [6.45, 7) is 2.39. The van der Waals surface area contributed by atoms with Crippen molar-refractivity contribution in [1.29, 1.82) is 0 Å². The number of carbonyl (C=O) groups excluding carboxylic acids is 1. The van der Waals surface area contributed by atoms with Crippen molar-refractivity contribution in [1.82, 2.24) is 20.3 Å². The van der Waals surface area contributed by atoms with Crippen LogP contribution in [-0.2, 0) is 27.9 Å². The summed E-state index contributed by atoms with van der Waals surface area (Å²) in [7, 11) is -3.89. The van der Waals surface area contributed by atoms with Crippen LogP contribution in [0.1, 0.15) is 29.5 Å². The zero-order valence-corrected chi connectivity index (χ0v) is 20.2. The van der Waals surface area contributed by atoms with Crippen molar-refractivity contribution in [2.75, 3.05) is 4.72 Å². The van der Waals surface area contributed by atoms with Gasteiger partial charge in [-0.1, -0.05) is 23.4 Å². The summed E-state index contributed by atoms with van der Waals surface area (Å²) in [5, 5.41) is 11.4. The lowest BCUT2D eigenvalue weighted by Gasteiger charge is -2.11. The standard InChI is InChI=1S/C25H23N5O5S/c1-3-23(31)26-12-18-13-27-30(15-18)14-17-10-20(34-19-8-9-19)24-21(11-17)35-28-25(24)29-36(32,33)22-7-5-4-6-16(22)2/h1,4-7,10-11,13,15,19H,8-9,12,14H2,2H3,(H,26,31)(H,28,29). The summed E-state index contributed by atoms with van der Waals surface area (Å²) in [4.78, 5) is 11.4. The number of nitrogens with zero attached hydrogens (tertiary/aromatic N) is 3. The normalized spacial score (nSPS) is 13.3. The van der Waals surface area contributed by atoms with Crippen molar-refractivity contribution in [2.45, 2.75) is 43.9 Å². The number of hydrogen-bond acceptors (Lipinski definition) is 7. The Kier molecular flexibility index (Phi) is 6.12. The number of rotatable bonds is 9. The summed E-state index contributed by atoms with van der Waals surface area (Å²) in [6.07, 6.45) is 10.4. The van der Waals surface area contributed by atoms with Crippen molar-refractivity contribution in [3.63, 3.8) is 0 Å². The van der Waals surface area contributed by atoms with Gasteiger partial charge in [0, 0.05) is 18.3 Å². The topological polar surface area (TPSA) is 128 Å². The first-order valence-corrected chi connectivity index (χ1v) is 12.7. The Morgan fingerprint density at radius 3 is 2.83 bits per heavy atom. The molecule has 0 bridgehead atoms. The maximum absolute atomic E-state index is 13.1. The molecule has 1 saturated carbocycles. The van der Waals surface area contributed by atoms with Crippen LogP contribution in [-0.4, -0.2) is 35.4 Å². The number of sulfonamides is 1. The summed E-state index contributed by atoms with van der Waals surface area (Å²) in [5.74, 6) is 2.07. The minimum atomic E-state index is -3.89. The first-order chi connectivity index (χ1) is 17.3. The quantitative estimate of drug-likeness (QED) is 0.335. The number of benzene rings is 2. The molecule has 1 fully saturated rings. The Bertz CT molecular complexity index is 1590. The van der Waals surface area contributed by atoms with Crippen LogP contribution in [0.25, 0.3) is 11.0 Å². The molecule has 10 nitrogen and oxygen atoms in total. The third kappa shape index (κ3) is 5.04. The molecule has 0 spiro atoms. The van der Waals surface area contributed by atoms with Gasteiger partial charge in [-0.2, -0.15) is 5.10 Å². The summed E-state index contributed by atoms with van der Waals surface area (Å²) in [5.41, 5.74) is 2.62. The van der Waals surface area contributed by atoms with E-state index in [0.717, 1.165) is 24.0 Å². The molecular formula is C25H23N5O5S. The highest BCUT2D eigenvalue weighted by molar-refractivity contribution is 7.92. The largest absolute Gasteiger partial charge is 0.489 e. The Balaban J connectivity index is 1.43. The van der Waals surface area contributed by atoms with Crippen LogP contribution in [0, 0.1) is 19.3 Å². The molecule has 0 unspecified atom stereocenters. The Labute approximate surface area is 207 Å². The van der Waals surface area contributed by atoms with E-state index >= 15 is 0 Å². The minimum Gasteiger partial charge on any atom is -0.489 e. The summed E-state index contributed by atoms with van der Waals surface area (Å²) in [6, 6.07) is 10.3. The molecule has 36 heavy (non-hydrogen) atoms. The van der Waals surface area contributed by atoms with E-state index in [9.17, 15) is 13.2 Å². The second-order valence-corrected chi connectivity index (χ2v) is 10.2. The molecule has 4 aromatic rings. The Morgan fingerprint density at radius 1 is 1.28 bits per heavy atom. The van der Waals surface area contributed by atoms with Crippen LogP contribution < -0.4 is 14.8 Å². The molecule has 0 saturated heterocycles. The molecule has 2 heterocycles. The highest BCUT2D eigenvalue weighted by Gasteiger charge is 2.28. The minimum absolute atomic E-state index is 0.0650. The number of aromatic nitrogens is 3. The number of ether oxygens (including phenoxy) is 1. The Hall–Kier alpha value is -4.30. The zero-order valence-electron chi connectivity index (χ0n) is 19.4. The lowest BCUT2D eigenvalue weighted by Crippen LogP contribution is -2.20. The van der Waals surface area contributed by atoms with Crippen molar-refractivity contribution in [3.8, 4) is 18.1 Å². The van der Waals surface area contributed by atoms with Gasteiger partial charge in [-0.05, 0) is 55.0 Å². The number of fused-ring (bicyclic) bond motifs is 1. The number of nitrogens with one attached hydrogen (secondary N) is 2. The molecule has 1 aliphatic carbocycles. The maximum atomic E-state index is 13.1. The molecule has 0 radical (unpaired) electrons. The van der Waals surface area contributed by atoms with Crippen molar-refractivity contribution >= 4 is 32.7 Å². The van der Waals surface area contributed by atoms with E-state index in [1.165, 1.54) is 6.07 Å². The predicted octanol–water partition coefficient (Wildman–Crippen LogP) is 2.97. The third-order valence-corrected chi connectivity index (χ3v) is 7.14. The van der Waals surface area contributed by atoms with E-state index in [0.29, 0.717) is 28.8 Å². The van der Waals surface area contributed by atoms with Crippen LogP contribution in [0.3, 0.4) is 0 Å². The average Bonchev–Trinajstić information content (AvgIpc) is 3.41. The van der Waals surface area contributed by atoms with E-state index in [2.05, 4.69) is 20.3 Å². The van der Waals surface area contributed by atoms with Crippen LogP contribution in [0.2, 0.25) is 0 Å². The van der Waals surface area contributed by atoms with Gasteiger partial charge < -0.3 is 14.6 Å². The first-order valence-electron chi connectivity index (χ1n) is 11.3. The van der Waals surface area contributed by atoms with E-state index in [4.69, 9.17) is 15.7 Å². The summed E-state index contributed by atoms with van der Waals surface area (Å²) < 4.78 is 42.0. The van der Waals surface area contributed by atoms with Crippen molar-refractivity contribution < 1.29 is 22.5 Å². The van der Waals surface area contributed by atoms with E-state index in [-0.39, 0.29) is 23.4 Å². The summed E-state index contributed by atoms with van der Waals surface area (Å²) >= 11 is 0. The second-order valence-electron chi connectivity index (χ2n) is 8.56. The predicted molar refractivity (Wildman–Crippen MR) is 132 cm³/mol. The molecule has 0 atom stereocenters. The molecule has 0 aliphatic heterocycles. The molecule has 2 aromatic heterocycles. The molecule has 184 valence electrons. The fraction of sp³-hybridized carbons (Fsp3) is 0.240.